The quantitative estimate of drug-likeness (QED) is 0.655. The summed E-state index contributed by atoms with van der Waals surface area (Å²) in [5.74, 6) is -2.17. The van der Waals surface area contributed by atoms with Crippen LogP contribution in [0, 0.1) is 18.6 Å². The molecule has 176 valence electrons. The number of carbonyl (C=O) groups excluding carboxylic acids is 1. The molecule has 0 saturated carbocycles. The van der Waals surface area contributed by atoms with Crippen LogP contribution in [0.25, 0.3) is 0 Å². The largest absolute Gasteiger partial charge is 0.385 e. The number of aromatic nitrogens is 1. The number of fused-ring (bicyclic) bond motifs is 1. The van der Waals surface area contributed by atoms with E-state index < -0.39 is 28.7 Å². The minimum absolute atomic E-state index is 0.0117. The first-order valence-electron chi connectivity index (χ1n) is 11.5. The Morgan fingerprint density at radius 3 is 2.73 bits per heavy atom. The number of nitrogens with one attached hydrogen (secondary N) is 2. The number of likely N-dealkylation sites (tertiary alicyclic amines) is 1. The number of hydrogen-bond acceptors (Lipinski definition) is 5. The Hall–Kier alpha value is -2.78. The van der Waals surface area contributed by atoms with Crippen LogP contribution in [-0.4, -0.2) is 51.8 Å². The van der Waals surface area contributed by atoms with Gasteiger partial charge in [-0.2, -0.15) is 4.39 Å². The molecule has 3 N–H and O–H groups in total. The van der Waals surface area contributed by atoms with Gasteiger partial charge in [-0.05, 0) is 56.8 Å². The minimum Gasteiger partial charge on any atom is -0.385 e. The standard InChI is InChI=1S/C24H28F2N4O3/c1-14-7-8-16(15(25)11-14)28-21-19(17-5-4-10-30(17)23(32)20(21)26)22(31)29-12-24(33,13-29)18-6-2-3-9-27-18/h7-8,11,18,27-28,33H,2-6,9-10,12-13H2,1H3. The summed E-state index contributed by atoms with van der Waals surface area (Å²) in [6.45, 7) is 3.15. The summed E-state index contributed by atoms with van der Waals surface area (Å²) >= 11 is 0. The van der Waals surface area contributed by atoms with Crippen LogP contribution in [-0.2, 0) is 13.0 Å². The number of hydrogen-bond donors (Lipinski definition) is 3. The van der Waals surface area contributed by atoms with Gasteiger partial charge in [0.15, 0.2) is 0 Å². The number of pyridine rings is 1. The molecule has 0 spiro atoms. The second-order valence-electron chi connectivity index (χ2n) is 9.45. The monoisotopic (exact) mass is 458 g/mol. The molecule has 5 rings (SSSR count). The first-order valence-corrected chi connectivity index (χ1v) is 11.5. The number of benzene rings is 1. The smallest absolute Gasteiger partial charge is 0.289 e. The lowest BCUT2D eigenvalue weighted by Crippen LogP contribution is -2.72. The highest BCUT2D eigenvalue weighted by atomic mass is 19.1. The Balaban J connectivity index is 1.50. The first kappa shape index (κ1) is 22.0. The van der Waals surface area contributed by atoms with Gasteiger partial charge < -0.3 is 25.2 Å². The van der Waals surface area contributed by atoms with Crippen molar-refractivity contribution < 1.29 is 18.7 Å². The molecule has 0 bridgehead atoms. The van der Waals surface area contributed by atoms with Gasteiger partial charge in [-0.3, -0.25) is 9.59 Å². The average Bonchev–Trinajstić information content (AvgIpc) is 3.27. The molecule has 1 atom stereocenters. The summed E-state index contributed by atoms with van der Waals surface area (Å²) in [6.07, 6.45) is 3.98. The number of halogens is 2. The number of anilines is 2. The molecular formula is C24H28F2N4O3. The number of β-amino-alcohol motifs (C(OH)–C–C–N with tert-alkyl or cyclic N) is 1. The maximum absolute atomic E-state index is 15.3. The number of rotatable bonds is 4. The normalized spacial score (nSPS) is 21.5. The molecule has 1 aromatic carbocycles. The summed E-state index contributed by atoms with van der Waals surface area (Å²) in [7, 11) is 0. The van der Waals surface area contributed by atoms with Gasteiger partial charge in [-0.25, -0.2) is 4.39 Å². The van der Waals surface area contributed by atoms with Crippen LogP contribution < -0.4 is 16.2 Å². The molecular weight excluding hydrogens is 430 g/mol. The second kappa shape index (κ2) is 8.22. The van der Waals surface area contributed by atoms with E-state index >= 15 is 4.39 Å². The van der Waals surface area contributed by atoms with Crippen LogP contribution in [0.5, 0.6) is 0 Å². The number of carbonyl (C=O) groups is 1. The third kappa shape index (κ3) is 3.73. The predicted octanol–water partition coefficient (Wildman–Crippen LogP) is 2.45. The van der Waals surface area contributed by atoms with E-state index in [1.54, 1.807) is 13.0 Å². The van der Waals surface area contributed by atoms with Gasteiger partial charge in [0.05, 0.1) is 30.0 Å². The van der Waals surface area contributed by atoms with E-state index in [1.807, 2.05) is 0 Å². The molecule has 7 nitrogen and oxygen atoms in total. The molecule has 0 radical (unpaired) electrons. The Labute approximate surface area is 190 Å². The molecule has 3 aliphatic rings. The molecule has 0 aliphatic carbocycles. The fraction of sp³-hybridized carbons (Fsp3) is 0.500. The van der Waals surface area contributed by atoms with Crippen molar-refractivity contribution in [1.29, 1.82) is 0 Å². The van der Waals surface area contributed by atoms with Gasteiger partial charge in [0.25, 0.3) is 11.5 Å². The lowest BCUT2D eigenvalue weighted by molar-refractivity contribution is -0.108. The second-order valence-corrected chi connectivity index (χ2v) is 9.45. The molecule has 2 saturated heterocycles. The van der Waals surface area contributed by atoms with E-state index in [4.69, 9.17) is 0 Å². The van der Waals surface area contributed by atoms with E-state index in [2.05, 4.69) is 10.6 Å². The van der Waals surface area contributed by atoms with Crippen LogP contribution in [0.3, 0.4) is 0 Å². The summed E-state index contributed by atoms with van der Waals surface area (Å²) in [4.78, 5) is 27.7. The highest BCUT2D eigenvalue weighted by molar-refractivity contribution is 6.02. The van der Waals surface area contributed by atoms with E-state index in [0.717, 1.165) is 25.8 Å². The zero-order chi connectivity index (χ0) is 23.3. The third-order valence-corrected chi connectivity index (χ3v) is 7.09. The van der Waals surface area contributed by atoms with E-state index in [9.17, 15) is 19.1 Å². The van der Waals surface area contributed by atoms with Gasteiger partial charge in [-0.1, -0.05) is 12.5 Å². The Morgan fingerprint density at radius 1 is 1.24 bits per heavy atom. The molecule has 9 heteroatoms. The topological polar surface area (TPSA) is 86.6 Å². The number of piperidine rings is 1. The van der Waals surface area contributed by atoms with Crippen molar-refractivity contribution in [3.8, 4) is 0 Å². The van der Waals surface area contributed by atoms with Crippen molar-refractivity contribution in [2.24, 2.45) is 0 Å². The zero-order valence-electron chi connectivity index (χ0n) is 18.6. The molecule has 4 heterocycles. The van der Waals surface area contributed by atoms with Gasteiger partial charge in [0.2, 0.25) is 5.82 Å². The van der Waals surface area contributed by atoms with Crippen LogP contribution in [0.2, 0.25) is 0 Å². The molecule has 1 amide bonds. The van der Waals surface area contributed by atoms with Crippen molar-refractivity contribution in [3.05, 3.63) is 57.0 Å². The van der Waals surface area contributed by atoms with Gasteiger partial charge in [0, 0.05) is 18.3 Å². The predicted molar refractivity (Wildman–Crippen MR) is 120 cm³/mol. The van der Waals surface area contributed by atoms with Gasteiger partial charge >= 0.3 is 0 Å². The van der Waals surface area contributed by atoms with Crippen molar-refractivity contribution in [1.82, 2.24) is 14.8 Å². The Bertz CT molecular complexity index is 1170. The van der Waals surface area contributed by atoms with Crippen molar-refractivity contribution in [2.45, 2.75) is 57.2 Å². The summed E-state index contributed by atoms with van der Waals surface area (Å²) < 4.78 is 31.1. The SMILES string of the molecule is Cc1ccc(Nc2c(C(=O)N3CC(O)(C4CCCCN4)C3)c3n(c(=O)c2F)CCC3)c(F)c1. The van der Waals surface area contributed by atoms with Gasteiger partial charge in [-0.15, -0.1) is 0 Å². The van der Waals surface area contributed by atoms with Crippen molar-refractivity contribution >= 4 is 17.3 Å². The molecule has 2 aromatic rings. The highest BCUT2D eigenvalue weighted by Gasteiger charge is 2.50. The first-order chi connectivity index (χ1) is 15.8. The van der Waals surface area contributed by atoms with Crippen molar-refractivity contribution in [2.75, 3.05) is 25.0 Å². The number of aliphatic hydroxyl groups is 1. The maximum atomic E-state index is 15.3. The van der Waals surface area contributed by atoms with Gasteiger partial charge in [0.1, 0.15) is 11.4 Å². The molecule has 1 unspecified atom stereocenters. The zero-order valence-corrected chi connectivity index (χ0v) is 18.6. The molecule has 1 aromatic heterocycles. The van der Waals surface area contributed by atoms with Crippen molar-refractivity contribution in [3.63, 3.8) is 0 Å². The van der Waals surface area contributed by atoms with Crippen LogP contribution in [0.4, 0.5) is 20.2 Å². The number of aryl methyl sites for hydroxylation is 1. The third-order valence-electron chi connectivity index (χ3n) is 7.09. The molecule has 3 aliphatic heterocycles. The Kier molecular flexibility index (Phi) is 5.49. The fourth-order valence-electron chi connectivity index (χ4n) is 5.29. The van der Waals surface area contributed by atoms with Crippen LogP contribution in [0.15, 0.2) is 23.0 Å². The lowest BCUT2D eigenvalue weighted by atomic mass is 9.81. The average molecular weight is 459 g/mol. The van der Waals surface area contributed by atoms with E-state index in [0.29, 0.717) is 30.6 Å². The molecule has 33 heavy (non-hydrogen) atoms. The Morgan fingerprint density at radius 2 is 2.03 bits per heavy atom. The van der Waals surface area contributed by atoms with E-state index in [1.165, 1.54) is 21.6 Å². The summed E-state index contributed by atoms with van der Waals surface area (Å²) in [5, 5.41) is 17.0. The highest BCUT2D eigenvalue weighted by Crippen LogP contribution is 2.35. The fourth-order valence-corrected chi connectivity index (χ4v) is 5.29. The number of amides is 1. The lowest BCUT2D eigenvalue weighted by Gasteiger charge is -2.51. The molecule has 2 fully saturated rings. The summed E-state index contributed by atoms with van der Waals surface area (Å²) in [5.41, 5.74) is -0.967. The summed E-state index contributed by atoms with van der Waals surface area (Å²) in [6, 6.07) is 4.34. The van der Waals surface area contributed by atoms with Crippen LogP contribution in [0.1, 0.15) is 47.3 Å². The maximum Gasteiger partial charge on any atom is 0.289 e. The minimum atomic E-state index is -1.10. The van der Waals surface area contributed by atoms with Crippen LogP contribution >= 0.6 is 0 Å². The number of nitrogens with zero attached hydrogens (tertiary/aromatic N) is 2. The van der Waals surface area contributed by atoms with E-state index in [-0.39, 0.29) is 36.1 Å².